The van der Waals surface area contributed by atoms with Crippen molar-refractivity contribution in [1.82, 2.24) is 14.9 Å². The van der Waals surface area contributed by atoms with Crippen LogP contribution in [0.3, 0.4) is 0 Å². The fraction of sp³-hybridized carbons (Fsp3) is 0.769. The summed E-state index contributed by atoms with van der Waals surface area (Å²) in [6, 6.07) is 0. The smallest absolute Gasteiger partial charge is 0.261 e. The Balaban J connectivity index is 1.93. The summed E-state index contributed by atoms with van der Waals surface area (Å²) in [5.74, 6) is 0. The lowest BCUT2D eigenvalue weighted by atomic mass is 9.78. The van der Waals surface area contributed by atoms with Crippen molar-refractivity contribution in [3.63, 3.8) is 0 Å². The molecule has 4 nitrogen and oxygen atoms in total. The first-order valence-corrected chi connectivity index (χ1v) is 6.69. The minimum Gasteiger partial charge on any atom is -0.374 e. The third-order valence-corrected chi connectivity index (χ3v) is 3.76. The summed E-state index contributed by atoms with van der Waals surface area (Å²) < 4.78 is 30.9. The Bertz CT molecular complexity index is 389. The highest BCUT2D eigenvalue weighted by atomic mass is 19.3. The molecule has 1 saturated heterocycles. The van der Waals surface area contributed by atoms with Crippen LogP contribution >= 0.6 is 0 Å². The van der Waals surface area contributed by atoms with Crippen molar-refractivity contribution in [3.8, 4) is 0 Å². The predicted octanol–water partition coefficient (Wildman–Crippen LogP) is 1.81. The van der Waals surface area contributed by atoms with Crippen LogP contribution in [0.5, 0.6) is 0 Å². The molecule has 1 fully saturated rings. The molecule has 0 unspecified atom stereocenters. The van der Waals surface area contributed by atoms with Gasteiger partial charge in [-0.1, -0.05) is 6.92 Å². The van der Waals surface area contributed by atoms with Gasteiger partial charge in [-0.05, 0) is 25.9 Å². The van der Waals surface area contributed by atoms with E-state index in [2.05, 4.69) is 17.2 Å². The van der Waals surface area contributed by atoms with Crippen LogP contribution < -0.4 is 5.32 Å². The molecule has 1 N–H and O–H groups in total. The van der Waals surface area contributed by atoms with Gasteiger partial charge in [-0.15, -0.1) is 0 Å². The minimum absolute atomic E-state index is 0.116. The second kappa shape index (κ2) is 6.43. The number of imidazole rings is 1. The summed E-state index contributed by atoms with van der Waals surface area (Å²) in [7, 11) is 0. The quantitative estimate of drug-likeness (QED) is 0.803. The van der Waals surface area contributed by atoms with Crippen molar-refractivity contribution in [1.29, 1.82) is 0 Å². The van der Waals surface area contributed by atoms with E-state index in [0.29, 0.717) is 13.2 Å². The molecule has 1 aliphatic rings. The van der Waals surface area contributed by atoms with Crippen molar-refractivity contribution in [2.75, 3.05) is 26.3 Å². The Morgan fingerprint density at radius 2 is 2.21 bits per heavy atom. The number of halogens is 2. The monoisotopic (exact) mass is 273 g/mol. The van der Waals surface area contributed by atoms with Gasteiger partial charge in [0.05, 0.1) is 12.9 Å². The molecular weight excluding hydrogens is 252 g/mol. The molecule has 108 valence electrons. The standard InChI is InChI=1S/C13H21F2N3O/c1-13(2-4-16-5-3-13)11-8-17-10-18(11)6-7-19-9-12(14)15/h8,10,12,16H,2-7,9H2,1H3. The maximum atomic E-state index is 12.0. The Morgan fingerprint density at radius 3 is 2.89 bits per heavy atom. The number of piperidine rings is 1. The molecule has 0 aromatic carbocycles. The van der Waals surface area contributed by atoms with Gasteiger partial charge in [0.2, 0.25) is 0 Å². The number of hydrogen-bond donors (Lipinski definition) is 1. The second-order valence-electron chi connectivity index (χ2n) is 5.25. The van der Waals surface area contributed by atoms with E-state index in [4.69, 9.17) is 4.74 Å². The Labute approximate surface area is 112 Å². The Morgan fingerprint density at radius 1 is 1.47 bits per heavy atom. The zero-order valence-corrected chi connectivity index (χ0v) is 11.2. The van der Waals surface area contributed by atoms with Gasteiger partial charge >= 0.3 is 0 Å². The molecule has 2 rings (SSSR count). The molecule has 0 saturated carbocycles. The van der Waals surface area contributed by atoms with Gasteiger partial charge in [0.25, 0.3) is 6.43 Å². The summed E-state index contributed by atoms with van der Waals surface area (Å²) in [6.45, 7) is 4.62. The SMILES string of the molecule is CC1(c2cncn2CCOCC(F)F)CCNCC1. The number of aromatic nitrogens is 2. The zero-order valence-electron chi connectivity index (χ0n) is 11.2. The molecule has 0 spiro atoms. The van der Waals surface area contributed by atoms with E-state index in [0.717, 1.165) is 25.9 Å². The first kappa shape index (κ1) is 14.4. The van der Waals surface area contributed by atoms with Crippen LogP contribution in [0, 0.1) is 0 Å². The summed E-state index contributed by atoms with van der Waals surface area (Å²) in [4.78, 5) is 4.20. The highest BCUT2D eigenvalue weighted by Gasteiger charge is 2.31. The van der Waals surface area contributed by atoms with Gasteiger partial charge in [-0.2, -0.15) is 0 Å². The molecule has 0 aliphatic carbocycles. The van der Waals surface area contributed by atoms with Crippen molar-refractivity contribution >= 4 is 0 Å². The van der Waals surface area contributed by atoms with Gasteiger partial charge < -0.3 is 14.6 Å². The number of rotatable bonds is 6. The van der Waals surface area contributed by atoms with E-state index < -0.39 is 13.0 Å². The summed E-state index contributed by atoms with van der Waals surface area (Å²) in [6.07, 6.45) is 3.38. The number of ether oxygens (including phenoxy) is 1. The second-order valence-corrected chi connectivity index (χ2v) is 5.25. The van der Waals surface area contributed by atoms with Crippen molar-refractivity contribution in [3.05, 3.63) is 18.2 Å². The lowest BCUT2D eigenvalue weighted by molar-refractivity contribution is 0.0143. The molecule has 1 aliphatic heterocycles. The van der Waals surface area contributed by atoms with Crippen LogP contribution in [0.2, 0.25) is 0 Å². The fourth-order valence-corrected chi connectivity index (χ4v) is 2.57. The highest BCUT2D eigenvalue weighted by molar-refractivity contribution is 5.15. The van der Waals surface area contributed by atoms with E-state index >= 15 is 0 Å². The number of nitrogens with zero attached hydrogens (tertiary/aromatic N) is 2. The van der Waals surface area contributed by atoms with Crippen LogP contribution in [0.25, 0.3) is 0 Å². The van der Waals surface area contributed by atoms with E-state index in [1.165, 1.54) is 5.69 Å². The number of alkyl halides is 2. The van der Waals surface area contributed by atoms with Gasteiger partial charge in [0.1, 0.15) is 6.61 Å². The lowest BCUT2D eigenvalue weighted by Gasteiger charge is -2.34. The molecule has 0 radical (unpaired) electrons. The van der Waals surface area contributed by atoms with E-state index in [1.54, 1.807) is 6.33 Å². The maximum Gasteiger partial charge on any atom is 0.261 e. The van der Waals surface area contributed by atoms with Crippen LogP contribution in [-0.2, 0) is 16.7 Å². The van der Waals surface area contributed by atoms with Gasteiger partial charge in [0, 0.05) is 23.9 Å². The topological polar surface area (TPSA) is 39.1 Å². The maximum absolute atomic E-state index is 12.0. The largest absolute Gasteiger partial charge is 0.374 e. The summed E-state index contributed by atoms with van der Waals surface area (Å²) >= 11 is 0. The number of hydrogen-bond acceptors (Lipinski definition) is 3. The van der Waals surface area contributed by atoms with Crippen molar-refractivity contribution < 1.29 is 13.5 Å². The molecular formula is C13H21F2N3O. The molecule has 1 aromatic heterocycles. The number of nitrogens with one attached hydrogen (secondary N) is 1. The molecule has 2 heterocycles. The van der Waals surface area contributed by atoms with Gasteiger partial charge in [0.15, 0.2) is 0 Å². The van der Waals surface area contributed by atoms with Gasteiger partial charge in [-0.3, -0.25) is 0 Å². The average molecular weight is 273 g/mol. The summed E-state index contributed by atoms with van der Waals surface area (Å²) in [5.41, 5.74) is 1.29. The first-order valence-electron chi connectivity index (χ1n) is 6.69. The average Bonchev–Trinajstić information content (AvgIpc) is 2.84. The third-order valence-electron chi connectivity index (χ3n) is 3.76. The predicted molar refractivity (Wildman–Crippen MR) is 68.5 cm³/mol. The Hall–Kier alpha value is -1.01. The van der Waals surface area contributed by atoms with Crippen LogP contribution in [-0.4, -0.2) is 42.3 Å². The molecule has 0 bridgehead atoms. The van der Waals surface area contributed by atoms with E-state index in [1.807, 2.05) is 10.8 Å². The summed E-state index contributed by atoms with van der Waals surface area (Å²) in [5, 5.41) is 3.35. The van der Waals surface area contributed by atoms with Crippen LogP contribution in [0.15, 0.2) is 12.5 Å². The van der Waals surface area contributed by atoms with E-state index in [-0.39, 0.29) is 5.41 Å². The lowest BCUT2D eigenvalue weighted by Crippen LogP contribution is -2.39. The van der Waals surface area contributed by atoms with Crippen LogP contribution in [0.4, 0.5) is 8.78 Å². The van der Waals surface area contributed by atoms with E-state index in [9.17, 15) is 8.78 Å². The molecule has 1 aromatic rings. The zero-order chi connectivity index (χ0) is 13.7. The Kier molecular flexibility index (Phi) is 4.87. The highest BCUT2D eigenvalue weighted by Crippen LogP contribution is 2.32. The van der Waals surface area contributed by atoms with Gasteiger partial charge in [-0.25, -0.2) is 13.8 Å². The van der Waals surface area contributed by atoms with Crippen molar-refractivity contribution in [2.45, 2.75) is 38.2 Å². The molecule has 19 heavy (non-hydrogen) atoms. The minimum atomic E-state index is -2.40. The third kappa shape index (κ3) is 3.73. The first-order chi connectivity index (χ1) is 9.12. The molecule has 0 amide bonds. The normalized spacial score (nSPS) is 18.9. The molecule has 0 atom stereocenters. The fourth-order valence-electron chi connectivity index (χ4n) is 2.57. The van der Waals surface area contributed by atoms with Crippen LogP contribution in [0.1, 0.15) is 25.5 Å². The molecule has 6 heteroatoms. The van der Waals surface area contributed by atoms with Crippen molar-refractivity contribution in [2.24, 2.45) is 0 Å².